The zero-order chi connectivity index (χ0) is 37.6. The van der Waals surface area contributed by atoms with Crippen LogP contribution < -0.4 is 0 Å². The first-order valence-corrected chi connectivity index (χ1v) is 16.8. The number of aromatic nitrogens is 2. The molecule has 268 valence electrons. The van der Waals surface area contributed by atoms with Gasteiger partial charge in [-0.2, -0.15) is 36.4 Å². The summed E-state index contributed by atoms with van der Waals surface area (Å²) in [4.78, 5) is 0. The summed E-state index contributed by atoms with van der Waals surface area (Å²) in [7, 11) is 0. The molecule has 9 heteroatoms. The van der Waals surface area contributed by atoms with Gasteiger partial charge >= 0.3 is 21.7 Å². The minimum Gasteiger partial charge on any atom is -0.362 e. The molecule has 0 aliphatic rings. The third-order valence-electron chi connectivity index (χ3n) is 8.59. The van der Waals surface area contributed by atoms with Gasteiger partial charge in [0.25, 0.3) is 0 Å². The molecule has 0 aliphatic heterocycles. The molecule has 0 amide bonds. The summed E-state index contributed by atoms with van der Waals surface area (Å²) in [5.41, 5.74) is 2.78. The first kappa shape index (κ1) is 38.6. The second-order valence-electron chi connectivity index (χ2n) is 11.9. The predicted octanol–water partition coefficient (Wildman–Crippen LogP) is 12.8. The summed E-state index contributed by atoms with van der Waals surface area (Å²) in [6, 6.07) is 55.0. The summed E-state index contributed by atoms with van der Waals surface area (Å²) < 4.78 is 84.9. The van der Waals surface area contributed by atoms with Gasteiger partial charge in [0.15, 0.2) is 0 Å². The number of benzene rings is 6. The molecule has 0 N–H and O–H groups in total. The molecule has 0 fully saturated rings. The minimum atomic E-state index is -1.32. The van der Waals surface area contributed by atoms with E-state index in [0.29, 0.717) is 0 Å². The molecule has 0 saturated heterocycles. The molecule has 0 unspecified atom stereocenters. The maximum Gasteiger partial charge on any atom is 4.00 e. The molecule has 55 heavy (non-hydrogen) atoms. The molecule has 10 aromatic rings. The van der Waals surface area contributed by atoms with Gasteiger partial charge in [-0.3, -0.25) is 8.78 Å². The fourth-order valence-corrected chi connectivity index (χ4v) is 6.26. The second kappa shape index (κ2) is 17.4. The van der Waals surface area contributed by atoms with Crippen LogP contribution in [0.5, 0.6) is 0 Å². The van der Waals surface area contributed by atoms with Crippen molar-refractivity contribution in [1.29, 1.82) is 0 Å². The van der Waals surface area contributed by atoms with Crippen molar-refractivity contribution in [2.75, 3.05) is 0 Å². The van der Waals surface area contributed by atoms with Crippen molar-refractivity contribution in [3.63, 3.8) is 0 Å². The maximum atomic E-state index is 14.2. The van der Waals surface area contributed by atoms with Crippen LogP contribution in [-0.4, -0.2) is 9.13 Å². The molecule has 0 spiro atoms. The zero-order valence-corrected chi connectivity index (χ0v) is 30.4. The quantitative estimate of drug-likeness (QED) is 0.0717. The molecular weight excluding hydrogens is 742 g/mol. The number of nitrogens with zero attached hydrogens (tertiary/aromatic N) is 2. The van der Waals surface area contributed by atoms with Gasteiger partial charge in [0.1, 0.15) is 0 Å². The van der Waals surface area contributed by atoms with Crippen LogP contribution in [0.15, 0.2) is 170 Å². The smallest absolute Gasteiger partial charge is 0.362 e. The van der Waals surface area contributed by atoms with Gasteiger partial charge in [-0.1, -0.05) is 72.8 Å². The summed E-state index contributed by atoms with van der Waals surface area (Å²) in [5, 5.41) is 3.67. The van der Waals surface area contributed by atoms with Crippen molar-refractivity contribution in [2.24, 2.45) is 0 Å². The van der Waals surface area contributed by atoms with Crippen LogP contribution in [0.25, 0.3) is 55.0 Å². The Kier molecular flexibility index (Phi) is 12.2. The van der Waals surface area contributed by atoms with E-state index in [9.17, 15) is 26.3 Å². The first-order chi connectivity index (χ1) is 26.3. The summed E-state index contributed by atoms with van der Waals surface area (Å²) in [5.74, 6) is -6.74. The average Bonchev–Trinajstić information content (AvgIpc) is 4.04. The predicted molar refractivity (Wildman–Crippen MR) is 203 cm³/mol. The van der Waals surface area contributed by atoms with Gasteiger partial charge in [-0.25, -0.2) is 41.8 Å². The number of rotatable bonds is 2. The van der Waals surface area contributed by atoms with Crippen LogP contribution in [0.1, 0.15) is 0 Å². The van der Waals surface area contributed by atoms with Crippen LogP contribution in [0.4, 0.5) is 26.3 Å². The first-order valence-electron chi connectivity index (χ1n) is 16.8. The maximum absolute atomic E-state index is 14.2. The van der Waals surface area contributed by atoms with Gasteiger partial charge in [-0.05, 0) is 35.6 Å². The topological polar surface area (TPSA) is 9.86 Å². The Bertz CT molecular complexity index is 2470. The van der Waals surface area contributed by atoms with E-state index in [1.165, 1.54) is 0 Å². The van der Waals surface area contributed by atoms with Crippen molar-refractivity contribution in [2.45, 2.75) is 0 Å². The van der Waals surface area contributed by atoms with Gasteiger partial charge < -0.3 is 9.13 Å². The minimum absolute atomic E-state index is 0. The Balaban J connectivity index is 0.000000147. The van der Waals surface area contributed by atoms with Crippen molar-refractivity contribution in [3.8, 4) is 11.4 Å². The van der Waals surface area contributed by atoms with Gasteiger partial charge in [-0.15, -0.1) is 24.3 Å². The van der Waals surface area contributed by atoms with Gasteiger partial charge in [0.2, 0.25) is 0 Å². The van der Waals surface area contributed by atoms with E-state index in [0.717, 1.165) is 55.7 Å². The molecular formula is C46H28F6N2Ti. The second-order valence-corrected chi connectivity index (χ2v) is 11.9. The summed E-state index contributed by atoms with van der Waals surface area (Å²) in [6.07, 6.45) is 0. The third kappa shape index (κ3) is 8.06. The Hall–Kier alpha value is -6.09. The average molecular weight is 771 g/mol. The molecule has 0 bridgehead atoms. The third-order valence-corrected chi connectivity index (χ3v) is 8.59. The largest absolute Gasteiger partial charge is 4.00 e. The molecule has 10 rings (SSSR count). The van der Waals surface area contributed by atoms with Crippen LogP contribution in [0.2, 0.25) is 0 Å². The molecule has 2 nitrogen and oxygen atoms in total. The van der Waals surface area contributed by atoms with Crippen molar-refractivity contribution < 1.29 is 48.1 Å². The fraction of sp³-hybridized carbons (Fsp3) is 0. The van der Waals surface area contributed by atoms with E-state index in [1.807, 2.05) is 158 Å². The molecule has 2 aromatic heterocycles. The van der Waals surface area contributed by atoms with E-state index in [1.54, 1.807) is 21.3 Å². The Morgan fingerprint density at radius 3 is 0.891 bits per heavy atom. The number of fused-ring (bicyclic) bond motifs is 6. The summed E-state index contributed by atoms with van der Waals surface area (Å²) >= 11 is 0. The van der Waals surface area contributed by atoms with Crippen LogP contribution in [0, 0.1) is 47.0 Å². The normalized spacial score (nSPS) is 10.6. The van der Waals surface area contributed by atoms with E-state index in [-0.39, 0.29) is 33.1 Å². The van der Waals surface area contributed by atoms with Crippen molar-refractivity contribution in [3.05, 3.63) is 217 Å². The standard InChI is InChI=1S/2C18H9F3N.2C5H5.Ti/c2*19-13-9-15(21)18(10-14(13)20)22-16-7-3-1-5-11(16)12-6-2-4-8-17(12)22;2*1-2-4-5-3-1;/h2*1-8,10H;2*1-5H;/q4*-1;+4. The van der Waals surface area contributed by atoms with Crippen molar-refractivity contribution >= 4 is 43.6 Å². The Morgan fingerprint density at radius 2 is 0.636 bits per heavy atom. The van der Waals surface area contributed by atoms with Crippen LogP contribution >= 0.6 is 0 Å². The molecule has 8 aromatic carbocycles. The number of hydrogen-bond acceptors (Lipinski definition) is 0. The molecule has 0 atom stereocenters. The number of para-hydroxylation sites is 4. The molecule has 0 radical (unpaired) electrons. The Labute approximate surface area is 327 Å². The number of halogens is 6. The number of hydrogen-bond donors (Lipinski definition) is 0. The van der Waals surface area contributed by atoms with E-state index < -0.39 is 34.9 Å². The molecule has 0 saturated carbocycles. The van der Waals surface area contributed by atoms with Crippen LogP contribution in [-0.2, 0) is 21.7 Å². The van der Waals surface area contributed by atoms with Gasteiger partial charge in [0.05, 0.1) is 0 Å². The van der Waals surface area contributed by atoms with Gasteiger partial charge in [0, 0.05) is 78.5 Å². The monoisotopic (exact) mass is 770 g/mol. The molecule has 2 heterocycles. The van der Waals surface area contributed by atoms with E-state index >= 15 is 0 Å². The van der Waals surface area contributed by atoms with E-state index in [2.05, 4.69) is 0 Å². The van der Waals surface area contributed by atoms with Crippen LogP contribution in [0.3, 0.4) is 0 Å². The van der Waals surface area contributed by atoms with Crippen molar-refractivity contribution in [1.82, 2.24) is 9.13 Å². The zero-order valence-electron chi connectivity index (χ0n) is 28.8. The molecule has 0 aliphatic carbocycles. The SMILES string of the molecule is Fc1[c-]c(F)c(-n2c3ccccc3c3ccccc32)cc1F.Fc1[c-]c(F)c(-n2c3ccccc3c3ccccc32)cc1F.[Ti+4].c1cc[cH-]c1.c1cc[cH-]c1. The Morgan fingerprint density at radius 1 is 0.364 bits per heavy atom. The summed E-state index contributed by atoms with van der Waals surface area (Å²) in [6.45, 7) is 0. The van der Waals surface area contributed by atoms with E-state index in [4.69, 9.17) is 0 Å². The fourth-order valence-electron chi connectivity index (χ4n) is 6.26.